The van der Waals surface area contributed by atoms with Gasteiger partial charge in [-0.1, -0.05) is 0 Å². The van der Waals surface area contributed by atoms with Crippen LogP contribution in [0.15, 0.2) is 28.1 Å². The molecule has 2 nitrogen and oxygen atoms in total. The first-order chi connectivity index (χ1) is 3.89. The van der Waals surface area contributed by atoms with Gasteiger partial charge in [0.05, 0.1) is 6.20 Å². The smallest absolute Gasteiger partial charge is 0.163 e. The van der Waals surface area contributed by atoms with E-state index in [2.05, 4.69) is 4.99 Å². The van der Waals surface area contributed by atoms with Crippen molar-refractivity contribution in [1.29, 1.82) is 0 Å². The SMILES string of the molecule is N[S+]1C=CC=NC=C1. The maximum absolute atomic E-state index is 5.51. The molecule has 1 aliphatic heterocycles. The highest BCUT2D eigenvalue weighted by molar-refractivity contribution is 8.00. The van der Waals surface area contributed by atoms with Crippen LogP contribution in [0.4, 0.5) is 0 Å². The molecule has 0 aromatic carbocycles. The summed E-state index contributed by atoms with van der Waals surface area (Å²) in [5.41, 5.74) is 0. The highest BCUT2D eigenvalue weighted by Gasteiger charge is 2.00. The van der Waals surface area contributed by atoms with Gasteiger partial charge in [-0.3, -0.25) is 4.99 Å². The van der Waals surface area contributed by atoms with Crippen LogP contribution in [0, 0.1) is 0 Å². The zero-order valence-electron chi connectivity index (χ0n) is 4.32. The van der Waals surface area contributed by atoms with E-state index in [9.17, 15) is 0 Å². The summed E-state index contributed by atoms with van der Waals surface area (Å²) in [5.74, 6) is 0. The van der Waals surface area contributed by atoms with Crippen molar-refractivity contribution in [2.45, 2.75) is 0 Å². The molecule has 1 heterocycles. The quantitative estimate of drug-likeness (QED) is 0.474. The van der Waals surface area contributed by atoms with Gasteiger partial charge >= 0.3 is 0 Å². The second-order valence-electron chi connectivity index (χ2n) is 1.32. The Morgan fingerprint density at radius 2 is 2.25 bits per heavy atom. The molecule has 0 amide bonds. The average molecular weight is 127 g/mol. The minimum Gasteiger partial charge on any atom is -0.260 e. The largest absolute Gasteiger partial charge is 0.260 e. The first kappa shape index (κ1) is 5.59. The fourth-order valence-corrected chi connectivity index (χ4v) is 0.929. The van der Waals surface area contributed by atoms with Crippen LogP contribution >= 0.6 is 0 Å². The Morgan fingerprint density at radius 1 is 1.38 bits per heavy atom. The van der Waals surface area contributed by atoms with Gasteiger partial charge in [-0.2, -0.15) is 0 Å². The predicted molar refractivity (Wildman–Crippen MR) is 38.3 cm³/mol. The number of hydrogen-bond donors (Lipinski definition) is 1. The fourth-order valence-electron chi connectivity index (χ4n) is 0.376. The Balaban J connectivity index is 2.66. The van der Waals surface area contributed by atoms with E-state index in [0.29, 0.717) is 0 Å². The fraction of sp³-hybridized carbons (Fsp3) is 0. The van der Waals surface area contributed by atoms with E-state index in [-0.39, 0.29) is 11.1 Å². The summed E-state index contributed by atoms with van der Waals surface area (Å²) in [6, 6.07) is 0. The Bertz CT molecular complexity index is 133. The van der Waals surface area contributed by atoms with E-state index in [4.69, 9.17) is 5.14 Å². The molecular weight excluding hydrogens is 120 g/mol. The molecule has 0 saturated heterocycles. The third kappa shape index (κ3) is 1.52. The van der Waals surface area contributed by atoms with Crippen molar-refractivity contribution in [2.24, 2.45) is 10.1 Å². The van der Waals surface area contributed by atoms with Gasteiger partial charge in [0.15, 0.2) is 5.41 Å². The number of hydrogen-bond acceptors (Lipinski definition) is 2. The average Bonchev–Trinajstić information content (AvgIpc) is 1.94. The molecule has 8 heavy (non-hydrogen) atoms. The van der Waals surface area contributed by atoms with Gasteiger partial charge in [0.2, 0.25) is 0 Å². The lowest BCUT2D eigenvalue weighted by Crippen LogP contribution is -2.03. The van der Waals surface area contributed by atoms with Crippen LogP contribution in [-0.4, -0.2) is 6.21 Å². The van der Waals surface area contributed by atoms with E-state index in [0.717, 1.165) is 0 Å². The van der Waals surface area contributed by atoms with Gasteiger partial charge in [-0.05, 0) is 0 Å². The molecule has 1 rings (SSSR count). The summed E-state index contributed by atoms with van der Waals surface area (Å²) in [4.78, 5) is 3.86. The lowest BCUT2D eigenvalue weighted by atomic mass is 10.7. The van der Waals surface area contributed by atoms with Crippen molar-refractivity contribution in [3.05, 3.63) is 23.1 Å². The van der Waals surface area contributed by atoms with Gasteiger partial charge in [0.25, 0.3) is 0 Å². The minimum atomic E-state index is -0.194. The number of aliphatic imine (C=N–C) groups is 1. The van der Waals surface area contributed by atoms with Crippen molar-refractivity contribution in [1.82, 2.24) is 0 Å². The third-order valence-corrected chi connectivity index (χ3v) is 1.62. The van der Waals surface area contributed by atoms with Crippen LogP contribution < -0.4 is 5.14 Å². The first-order valence-corrected chi connectivity index (χ1v) is 3.64. The summed E-state index contributed by atoms with van der Waals surface area (Å²) < 4.78 is 0. The lowest BCUT2D eigenvalue weighted by Gasteiger charge is -1.77. The maximum Gasteiger partial charge on any atom is 0.163 e. The molecule has 0 aliphatic carbocycles. The molecule has 0 radical (unpaired) electrons. The maximum atomic E-state index is 5.51. The lowest BCUT2D eigenvalue weighted by molar-refractivity contribution is 1.62. The number of rotatable bonds is 0. The molecule has 1 unspecified atom stereocenters. The summed E-state index contributed by atoms with van der Waals surface area (Å²) in [5, 5.41) is 9.28. The summed E-state index contributed by atoms with van der Waals surface area (Å²) in [6.45, 7) is 0. The highest BCUT2D eigenvalue weighted by Crippen LogP contribution is 1.93. The zero-order chi connectivity index (χ0) is 5.82. The van der Waals surface area contributed by atoms with Gasteiger partial charge in [0.1, 0.15) is 16.5 Å². The van der Waals surface area contributed by atoms with Crippen molar-refractivity contribution >= 4 is 17.3 Å². The molecule has 0 fully saturated rings. The Morgan fingerprint density at radius 3 is 3.12 bits per heavy atom. The molecule has 2 N–H and O–H groups in total. The predicted octanol–water partition coefficient (Wildman–Crippen LogP) is 0.548. The van der Waals surface area contributed by atoms with E-state index in [1.54, 1.807) is 12.4 Å². The van der Waals surface area contributed by atoms with Gasteiger partial charge < -0.3 is 0 Å². The van der Waals surface area contributed by atoms with Crippen molar-refractivity contribution in [2.75, 3.05) is 0 Å². The Labute approximate surface area is 51.3 Å². The van der Waals surface area contributed by atoms with E-state index in [1.807, 2.05) is 16.9 Å². The molecule has 1 atom stereocenters. The number of nitrogens with zero attached hydrogens (tertiary/aromatic N) is 1. The molecule has 0 aromatic heterocycles. The third-order valence-electron chi connectivity index (χ3n) is 0.712. The molecule has 0 saturated carbocycles. The van der Waals surface area contributed by atoms with E-state index >= 15 is 0 Å². The molecule has 0 aromatic rings. The number of allylic oxidation sites excluding steroid dienone is 1. The first-order valence-electron chi connectivity index (χ1n) is 2.22. The Hall–Kier alpha value is -0.540. The van der Waals surface area contributed by atoms with Crippen LogP contribution in [0.1, 0.15) is 0 Å². The summed E-state index contributed by atoms with van der Waals surface area (Å²) >= 11 is -0.194. The van der Waals surface area contributed by atoms with E-state index in [1.165, 1.54) is 0 Å². The molecule has 0 bridgehead atoms. The molecule has 3 heteroatoms. The molecule has 0 spiro atoms. The monoisotopic (exact) mass is 127 g/mol. The van der Waals surface area contributed by atoms with Crippen molar-refractivity contribution in [3.8, 4) is 0 Å². The molecular formula is C5H7N2S+. The van der Waals surface area contributed by atoms with Crippen LogP contribution in [0.25, 0.3) is 0 Å². The van der Waals surface area contributed by atoms with Crippen LogP contribution in [0.2, 0.25) is 0 Å². The van der Waals surface area contributed by atoms with Crippen LogP contribution in [-0.2, 0) is 11.1 Å². The summed E-state index contributed by atoms with van der Waals surface area (Å²) in [7, 11) is 0. The van der Waals surface area contributed by atoms with Crippen molar-refractivity contribution in [3.63, 3.8) is 0 Å². The van der Waals surface area contributed by atoms with Crippen LogP contribution in [0.3, 0.4) is 0 Å². The Kier molecular flexibility index (Phi) is 1.88. The van der Waals surface area contributed by atoms with Gasteiger partial charge in [-0.15, -0.1) is 5.14 Å². The zero-order valence-corrected chi connectivity index (χ0v) is 5.14. The van der Waals surface area contributed by atoms with E-state index < -0.39 is 0 Å². The van der Waals surface area contributed by atoms with Gasteiger partial charge in [0, 0.05) is 12.3 Å². The number of nitrogens with two attached hydrogens (primary N) is 1. The normalized spacial score (nSPS) is 25.9. The summed E-state index contributed by atoms with van der Waals surface area (Å²) in [6.07, 6.45) is 5.28. The second kappa shape index (κ2) is 2.69. The second-order valence-corrected chi connectivity index (χ2v) is 2.68. The van der Waals surface area contributed by atoms with Crippen LogP contribution in [0.5, 0.6) is 0 Å². The minimum absolute atomic E-state index is 0.194. The molecule has 42 valence electrons. The topological polar surface area (TPSA) is 38.4 Å². The standard InChI is InChI=1S/C5H7N2S/c6-8-4-1-2-7-3-5-8/h1-5H,6H2/q+1. The molecule has 1 aliphatic rings. The van der Waals surface area contributed by atoms with Crippen molar-refractivity contribution < 1.29 is 0 Å². The highest BCUT2D eigenvalue weighted by atomic mass is 32.2. The van der Waals surface area contributed by atoms with Gasteiger partial charge in [-0.25, -0.2) is 0 Å².